The van der Waals surface area contributed by atoms with E-state index in [0.29, 0.717) is 0 Å². The van der Waals surface area contributed by atoms with Crippen molar-refractivity contribution >= 4 is 0 Å². The van der Waals surface area contributed by atoms with E-state index in [1.54, 1.807) is 5.57 Å². The van der Waals surface area contributed by atoms with Crippen molar-refractivity contribution in [1.29, 1.82) is 0 Å². The summed E-state index contributed by atoms with van der Waals surface area (Å²) in [4.78, 5) is 0. The van der Waals surface area contributed by atoms with Crippen LogP contribution in [0.25, 0.3) is 0 Å². The largest absolute Gasteiger partial charge is 0.0850 e. The van der Waals surface area contributed by atoms with Gasteiger partial charge in [0.1, 0.15) is 0 Å². The van der Waals surface area contributed by atoms with E-state index in [1.165, 1.54) is 64.2 Å². The van der Waals surface area contributed by atoms with Crippen molar-refractivity contribution < 1.29 is 0 Å². The van der Waals surface area contributed by atoms with Crippen LogP contribution in [0.4, 0.5) is 0 Å². The van der Waals surface area contributed by atoms with Gasteiger partial charge in [-0.05, 0) is 31.6 Å². The van der Waals surface area contributed by atoms with Gasteiger partial charge < -0.3 is 0 Å². The highest BCUT2D eigenvalue weighted by molar-refractivity contribution is 5.15. The van der Waals surface area contributed by atoms with Gasteiger partial charge in [0.15, 0.2) is 0 Å². The Bertz CT molecular complexity index is 163. The maximum absolute atomic E-state index is 2.42. The molecule has 2 saturated carbocycles. The highest BCUT2D eigenvalue weighted by Crippen LogP contribution is 2.38. The first-order chi connectivity index (χ1) is 6.45. The molecule has 0 nitrogen and oxygen atoms in total. The van der Waals surface area contributed by atoms with Gasteiger partial charge >= 0.3 is 0 Å². The third-order valence-corrected chi connectivity index (χ3v) is 3.66. The van der Waals surface area contributed by atoms with Gasteiger partial charge in [-0.3, -0.25) is 0 Å². The highest BCUT2D eigenvalue weighted by Gasteiger charge is 2.22. The first-order valence-corrected chi connectivity index (χ1v) is 6.13. The zero-order valence-corrected chi connectivity index (χ0v) is 8.73. The minimum absolute atomic E-state index is 1.08. The molecule has 0 radical (unpaired) electrons. The van der Waals surface area contributed by atoms with Gasteiger partial charge in [-0.25, -0.2) is 0 Å². The molecule has 0 aromatic rings. The summed E-state index contributed by atoms with van der Waals surface area (Å²) in [5.74, 6) is 1.08. The van der Waals surface area contributed by atoms with Crippen molar-refractivity contribution in [2.75, 3.05) is 0 Å². The van der Waals surface area contributed by atoms with Crippen LogP contribution in [0.15, 0.2) is 11.6 Å². The minimum Gasteiger partial charge on any atom is -0.0850 e. The zero-order valence-electron chi connectivity index (χ0n) is 8.73. The number of allylic oxidation sites excluding steroid dienone is 2. The van der Waals surface area contributed by atoms with Crippen LogP contribution in [0.3, 0.4) is 0 Å². The summed E-state index contributed by atoms with van der Waals surface area (Å²) in [5.41, 5.74) is 1.74. The average Bonchev–Trinajstić information content (AvgIpc) is 2.85. The van der Waals surface area contributed by atoms with Gasteiger partial charge in [-0.2, -0.15) is 0 Å². The fraction of sp³-hybridized carbons (Fsp3) is 0.846. The Labute approximate surface area is 82.4 Å². The van der Waals surface area contributed by atoms with Crippen LogP contribution in [0.5, 0.6) is 0 Å². The summed E-state index contributed by atoms with van der Waals surface area (Å²) < 4.78 is 0. The third kappa shape index (κ3) is 2.86. The maximum Gasteiger partial charge on any atom is -0.0289 e. The summed E-state index contributed by atoms with van der Waals surface area (Å²) in [6.07, 6.45) is 17.2. The molecule has 0 aliphatic heterocycles. The lowest BCUT2D eigenvalue weighted by Crippen LogP contribution is -1.85. The van der Waals surface area contributed by atoms with Crippen molar-refractivity contribution in [3.8, 4) is 0 Å². The monoisotopic (exact) mass is 178 g/mol. The molecule has 13 heavy (non-hydrogen) atoms. The SMILES string of the molecule is C1=C2CCC(C1)C2.C1CCCCC1. The molecule has 0 N–H and O–H groups in total. The van der Waals surface area contributed by atoms with Crippen molar-refractivity contribution in [2.24, 2.45) is 5.92 Å². The minimum atomic E-state index is 1.08. The quantitative estimate of drug-likeness (QED) is 0.480. The predicted molar refractivity (Wildman–Crippen MR) is 57.7 cm³/mol. The van der Waals surface area contributed by atoms with E-state index in [9.17, 15) is 0 Å². The molecule has 0 saturated heterocycles. The van der Waals surface area contributed by atoms with E-state index in [0.717, 1.165) is 5.92 Å². The van der Waals surface area contributed by atoms with Crippen LogP contribution in [0.2, 0.25) is 0 Å². The molecule has 74 valence electrons. The molecule has 1 unspecified atom stereocenters. The second-order valence-corrected chi connectivity index (χ2v) is 4.83. The van der Waals surface area contributed by atoms with Gasteiger partial charge in [-0.15, -0.1) is 0 Å². The summed E-state index contributed by atoms with van der Waals surface area (Å²) in [5, 5.41) is 0. The summed E-state index contributed by atoms with van der Waals surface area (Å²) in [6.45, 7) is 0. The molecule has 0 amide bonds. The van der Waals surface area contributed by atoms with E-state index in [4.69, 9.17) is 0 Å². The Kier molecular flexibility index (Phi) is 3.46. The molecule has 2 bridgehead atoms. The summed E-state index contributed by atoms with van der Waals surface area (Å²) >= 11 is 0. The molecule has 0 heteroatoms. The van der Waals surface area contributed by atoms with Gasteiger partial charge in [0.2, 0.25) is 0 Å². The fourth-order valence-electron chi connectivity index (χ4n) is 2.75. The number of fused-ring (bicyclic) bond motifs is 2. The van der Waals surface area contributed by atoms with Crippen LogP contribution in [-0.2, 0) is 0 Å². The molecule has 1 atom stereocenters. The lowest BCUT2D eigenvalue weighted by Gasteiger charge is -2.05. The number of rotatable bonds is 0. The normalized spacial score (nSPS) is 30.8. The molecule has 3 aliphatic carbocycles. The lowest BCUT2D eigenvalue weighted by atomic mass is 10.0. The van der Waals surface area contributed by atoms with Crippen LogP contribution in [-0.4, -0.2) is 0 Å². The van der Waals surface area contributed by atoms with Crippen molar-refractivity contribution in [3.63, 3.8) is 0 Å². The molecule has 0 aromatic carbocycles. The second-order valence-electron chi connectivity index (χ2n) is 4.83. The summed E-state index contributed by atoms with van der Waals surface area (Å²) in [6, 6.07) is 0. The highest BCUT2D eigenvalue weighted by atomic mass is 14.3. The van der Waals surface area contributed by atoms with Gasteiger partial charge in [0.05, 0.1) is 0 Å². The fourth-order valence-corrected chi connectivity index (χ4v) is 2.75. The Balaban J connectivity index is 0.000000102. The zero-order chi connectivity index (χ0) is 8.93. The van der Waals surface area contributed by atoms with Crippen LogP contribution < -0.4 is 0 Å². The smallest absolute Gasteiger partial charge is 0.0289 e. The molecule has 2 fully saturated rings. The van der Waals surface area contributed by atoms with E-state index in [2.05, 4.69) is 6.08 Å². The first-order valence-electron chi connectivity index (χ1n) is 6.13. The molecule has 3 rings (SSSR count). The Morgan fingerprint density at radius 3 is 1.69 bits per heavy atom. The predicted octanol–water partition coefficient (Wildman–Crippen LogP) is 4.46. The summed E-state index contributed by atoms with van der Waals surface area (Å²) in [7, 11) is 0. The van der Waals surface area contributed by atoms with Gasteiger partial charge in [0.25, 0.3) is 0 Å². The van der Waals surface area contributed by atoms with Gasteiger partial charge in [-0.1, -0.05) is 50.2 Å². The third-order valence-electron chi connectivity index (χ3n) is 3.66. The molecule has 0 spiro atoms. The topological polar surface area (TPSA) is 0 Å². The number of hydrogen-bond donors (Lipinski definition) is 0. The van der Waals surface area contributed by atoms with Crippen molar-refractivity contribution in [2.45, 2.75) is 64.2 Å². The van der Waals surface area contributed by atoms with E-state index in [-0.39, 0.29) is 0 Å². The first kappa shape index (κ1) is 9.30. The Morgan fingerprint density at radius 2 is 1.54 bits per heavy atom. The molecule has 0 heterocycles. The van der Waals surface area contributed by atoms with Crippen molar-refractivity contribution in [3.05, 3.63) is 11.6 Å². The van der Waals surface area contributed by atoms with E-state index in [1.807, 2.05) is 0 Å². The molecular formula is C13H22. The Hall–Kier alpha value is -0.260. The van der Waals surface area contributed by atoms with Crippen LogP contribution in [0, 0.1) is 5.92 Å². The average molecular weight is 178 g/mol. The van der Waals surface area contributed by atoms with Crippen LogP contribution in [0.1, 0.15) is 64.2 Å². The molecular weight excluding hydrogens is 156 g/mol. The van der Waals surface area contributed by atoms with E-state index < -0.39 is 0 Å². The van der Waals surface area contributed by atoms with Gasteiger partial charge in [0, 0.05) is 0 Å². The lowest BCUT2D eigenvalue weighted by molar-refractivity contribution is 0.504. The Morgan fingerprint density at radius 1 is 0.923 bits per heavy atom. The second kappa shape index (κ2) is 4.83. The van der Waals surface area contributed by atoms with E-state index >= 15 is 0 Å². The van der Waals surface area contributed by atoms with Crippen LogP contribution >= 0.6 is 0 Å². The van der Waals surface area contributed by atoms with Crippen molar-refractivity contribution in [1.82, 2.24) is 0 Å². The maximum atomic E-state index is 2.42. The standard InChI is InChI=1S/C7H10.C6H12/c1-2-7-4-3-6(1)5-7;1-2-4-6-5-3-1/h1,7H,2-5H2;1-6H2. The number of hydrogen-bond acceptors (Lipinski definition) is 0. The molecule has 0 aromatic heterocycles. The molecule has 3 aliphatic rings.